The summed E-state index contributed by atoms with van der Waals surface area (Å²) in [6, 6.07) is 6.86. The van der Waals surface area contributed by atoms with Crippen molar-refractivity contribution < 1.29 is 13.9 Å². The number of nitrogen functional groups attached to an aromatic ring is 1. The molecule has 0 radical (unpaired) electrons. The zero-order valence-electron chi connectivity index (χ0n) is 10.2. The standard InChI is InChI=1S/C13H12FN3O2/c1-19-12-5-3-9(7-16-12)17-13(18)10-4-2-8(14)6-11(10)15/h2-7H,15H2,1H3,(H,17,18). The third-order valence-corrected chi connectivity index (χ3v) is 2.46. The first-order valence-corrected chi connectivity index (χ1v) is 5.46. The lowest BCUT2D eigenvalue weighted by atomic mass is 10.1. The van der Waals surface area contributed by atoms with E-state index in [9.17, 15) is 9.18 Å². The Balaban J connectivity index is 2.15. The van der Waals surface area contributed by atoms with Crippen molar-refractivity contribution in [3.63, 3.8) is 0 Å². The molecule has 1 amide bonds. The van der Waals surface area contributed by atoms with Crippen LogP contribution in [0.1, 0.15) is 10.4 Å². The number of anilines is 2. The average Bonchev–Trinajstić information content (AvgIpc) is 2.39. The minimum Gasteiger partial charge on any atom is -0.481 e. The van der Waals surface area contributed by atoms with Gasteiger partial charge >= 0.3 is 0 Å². The molecule has 1 aromatic carbocycles. The summed E-state index contributed by atoms with van der Waals surface area (Å²) in [6.07, 6.45) is 1.45. The van der Waals surface area contributed by atoms with Crippen molar-refractivity contribution in [2.24, 2.45) is 0 Å². The highest BCUT2D eigenvalue weighted by molar-refractivity contribution is 6.07. The van der Waals surface area contributed by atoms with Gasteiger partial charge in [0.15, 0.2) is 0 Å². The van der Waals surface area contributed by atoms with E-state index in [1.807, 2.05) is 0 Å². The molecule has 2 aromatic rings. The van der Waals surface area contributed by atoms with Crippen LogP contribution in [0.3, 0.4) is 0 Å². The number of pyridine rings is 1. The number of carbonyl (C=O) groups is 1. The molecule has 98 valence electrons. The van der Waals surface area contributed by atoms with Gasteiger partial charge in [0.25, 0.3) is 5.91 Å². The lowest BCUT2D eigenvalue weighted by Gasteiger charge is -2.07. The second kappa shape index (κ2) is 5.34. The predicted octanol–water partition coefficient (Wildman–Crippen LogP) is 2.06. The van der Waals surface area contributed by atoms with Crippen LogP contribution in [-0.2, 0) is 0 Å². The number of amides is 1. The van der Waals surface area contributed by atoms with Gasteiger partial charge in [-0.25, -0.2) is 9.37 Å². The third kappa shape index (κ3) is 2.98. The highest BCUT2D eigenvalue weighted by Crippen LogP contribution is 2.16. The maximum Gasteiger partial charge on any atom is 0.257 e. The number of nitrogens with zero attached hydrogens (tertiary/aromatic N) is 1. The number of carbonyl (C=O) groups excluding carboxylic acids is 1. The molecule has 5 nitrogen and oxygen atoms in total. The number of benzene rings is 1. The van der Waals surface area contributed by atoms with Gasteiger partial charge < -0.3 is 15.8 Å². The maximum absolute atomic E-state index is 12.9. The van der Waals surface area contributed by atoms with Crippen molar-refractivity contribution in [2.75, 3.05) is 18.2 Å². The molecule has 1 heterocycles. The average molecular weight is 261 g/mol. The zero-order valence-corrected chi connectivity index (χ0v) is 10.2. The van der Waals surface area contributed by atoms with Crippen LogP contribution in [0.5, 0.6) is 5.88 Å². The van der Waals surface area contributed by atoms with E-state index in [2.05, 4.69) is 10.3 Å². The van der Waals surface area contributed by atoms with Gasteiger partial charge in [-0.2, -0.15) is 0 Å². The Morgan fingerprint density at radius 1 is 1.37 bits per heavy atom. The molecule has 6 heteroatoms. The Labute approximate surface area is 109 Å². The van der Waals surface area contributed by atoms with Crippen molar-refractivity contribution in [3.8, 4) is 5.88 Å². The molecule has 0 fully saturated rings. The van der Waals surface area contributed by atoms with Crippen LogP contribution in [-0.4, -0.2) is 18.0 Å². The van der Waals surface area contributed by atoms with Gasteiger partial charge in [-0.1, -0.05) is 0 Å². The minimum absolute atomic E-state index is 0.0824. The molecule has 0 atom stereocenters. The molecule has 1 aromatic heterocycles. The molecule has 19 heavy (non-hydrogen) atoms. The van der Waals surface area contributed by atoms with E-state index in [0.29, 0.717) is 11.6 Å². The largest absolute Gasteiger partial charge is 0.481 e. The Hall–Kier alpha value is -2.63. The van der Waals surface area contributed by atoms with Gasteiger partial charge in [0.05, 0.1) is 24.6 Å². The normalized spacial score (nSPS) is 10.0. The fourth-order valence-corrected chi connectivity index (χ4v) is 1.51. The first-order chi connectivity index (χ1) is 9.10. The first kappa shape index (κ1) is 12.8. The van der Waals surface area contributed by atoms with Crippen LogP contribution in [0.25, 0.3) is 0 Å². The van der Waals surface area contributed by atoms with Crippen molar-refractivity contribution in [1.29, 1.82) is 0 Å². The number of methoxy groups -OCH3 is 1. The predicted molar refractivity (Wildman–Crippen MR) is 69.6 cm³/mol. The molecule has 0 aliphatic heterocycles. The van der Waals surface area contributed by atoms with E-state index in [4.69, 9.17) is 10.5 Å². The van der Waals surface area contributed by atoms with Gasteiger partial charge in [-0.15, -0.1) is 0 Å². The van der Waals surface area contributed by atoms with Crippen LogP contribution in [0.15, 0.2) is 36.5 Å². The van der Waals surface area contributed by atoms with Crippen LogP contribution in [0, 0.1) is 5.82 Å². The summed E-state index contributed by atoms with van der Waals surface area (Å²) >= 11 is 0. The maximum atomic E-state index is 12.9. The van der Waals surface area contributed by atoms with E-state index in [1.165, 1.54) is 25.4 Å². The molecule has 0 spiro atoms. The molecule has 3 N–H and O–H groups in total. The van der Waals surface area contributed by atoms with Gasteiger partial charge in [0, 0.05) is 11.8 Å². The molecule has 0 saturated heterocycles. The van der Waals surface area contributed by atoms with Crippen molar-refractivity contribution >= 4 is 17.3 Å². The summed E-state index contributed by atoms with van der Waals surface area (Å²) in [7, 11) is 1.50. The number of rotatable bonds is 3. The molecule has 0 bridgehead atoms. The highest BCUT2D eigenvalue weighted by atomic mass is 19.1. The minimum atomic E-state index is -0.486. The molecule has 2 rings (SSSR count). The smallest absolute Gasteiger partial charge is 0.257 e. The third-order valence-electron chi connectivity index (χ3n) is 2.46. The van der Waals surface area contributed by atoms with Crippen LogP contribution >= 0.6 is 0 Å². The zero-order chi connectivity index (χ0) is 13.8. The van der Waals surface area contributed by atoms with Crippen molar-refractivity contribution in [3.05, 3.63) is 47.9 Å². The second-order valence-electron chi connectivity index (χ2n) is 3.77. The van der Waals surface area contributed by atoms with E-state index < -0.39 is 11.7 Å². The molecular weight excluding hydrogens is 249 g/mol. The number of nitrogens with two attached hydrogens (primary N) is 1. The van der Waals surface area contributed by atoms with Gasteiger partial charge in [-0.3, -0.25) is 4.79 Å². The van der Waals surface area contributed by atoms with E-state index in [-0.39, 0.29) is 11.3 Å². The Kier molecular flexibility index (Phi) is 3.61. The van der Waals surface area contributed by atoms with Crippen molar-refractivity contribution in [1.82, 2.24) is 4.98 Å². The van der Waals surface area contributed by atoms with E-state index in [0.717, 1.165) is 6.07 Å². The van der Waals surface area contributed by atoms with Crippen molar-refractivity contribution in [2.45, 2.75) is 0 Å². The van der Waals surface area contributed by atoms with E-state index in [1.54, 1.807) is 12.1 Å². The van der Waals surface area contributed by atoms with Crippen LogP contribution in [0.4, 0.5) is 15.8 Å². The number of hydrogen-bond acceptors (Lipinski definition) is 4. The number of nitrogens with one attached hydrogen (secondary N) is 1. The summed E-state index contributed by atoms with van der Waals surface area (Å²) in [4.78, 5) is 15.9. The molecule has 0 unspecified atom stereocenters. The summed E-state index contributed by atoms with van der Waals surface area (Å²) in [5, 5.41) is 2.61. The summed E-state index contributed by atoms with van der Waals surface area (Å²) in [6.45, 7) is 0. The Morgan fingerprint density at radius 2 is 2.16 bits per heavy atom. The van der Waals surface area contributed by atoms with Gasteiger partial charge in [-0.05, 0) is 24.3 Å². The highest BCUT2D eigenvalue weighted by Gasteiger charge is 2.10. The Bertz CT molecular complexity index is 599. The van der Waals surface area contributed by atoms with Gasteiger partial charge in [0.2, 0.25) is 5.88 Å². The summed E-state index contributed by atoms with van der Waals surface area (Å²) < 4.78 is 17.8. The topological polar surface area (TPSA) is 77.2 Å². The first-order valence-electron chi connectivity index (χ1n) is 5.46. The van der Waals surface area contributed by atoms with Crippen LogP contribution < -0.4 is 15.8 Å². The number of hydrogen-bond donors (Lipinski definition) is 2. The SMILES string of the molecule is COc1ccc(NC(=O)c2ccc(F)cc2N)cn1. The number of ether oxygens (including phenoxy) is 1. The number of aromatic nitrogens is 1. The molecule has 0 aliphatic carbocycles. The van der Waals surface area contributed by atoms with Crippen LogP contribution in [0.2, 0.25) is 0 Å². The Morgan fingerprint density at radius 3 is 2.74 bits per heavy atom. The quantitative estimate of drug-likeness (QED) is 0.829. The van der Waals surface area contributed by atoms with Gasteiger partial charge in [0.1, 0.15) is 5.82 Å². The summed E-state index contributed by atoms with van der Waals surface area (Å²) in [5.74, 6) is -0.469. The number of halogens is 1. The molecule has 0 aliphatic rings. The summed E-state index contributed by atoms with van der Waals surface area (Å²) in [5.41, 5.74) is 6.37. The lowest BCUT2D eigenvalue weighted by molar-refractivity contribution is 0.102. The lowest BCUT2D eigenvalue weighted by Crippen LogP contribution is -2.14. The van der Waals surface area contributed by atoms with E-state index >= 15 is 0 Å². The fourth-order valence-electron chi connectivity index (χ4n) is 1.51. The molecule has 0 saturated carbocycles. The molecular formula is C13H12FN3O2. The second-order valence-corrected chi connectivity index (χ2v) is 3.77. The monoisotopic (exact) mass is 261 g/mol. The fraction of sp³-hybridized carbons (Fsp3) is 0.0769.